The number of hydrogen-bond donors (Lipinski definition) is 2. The van der Waals surface area contributed by atoms with Gasteiger partial charge in [-0.1, -0.05) is 25.4 Å². The molecule has 0 unspecified atom stereocenters. The lowest BCUT2D eigenvalue weighted by molar-refractivity contribution is 0.169. The van der Waals surface area contributed by atoms with Crippen molar-refractivity contribution in [2.75, 3.05) is 18.9 Å². The zero-order chi connectivity index (χ0) is 14.3. The molecule has 20 heavy (non-hydrogen) atoms. The average Bonchev–Trinajstić information content (AvgIpc) is 2.84. The highest BCUT2D eigenvalue weighted by atomic mass is 35.5. The number of nitrogens with zero attached hydrogens (tertiary/aromatic N) is 1. The first kappa shape index (κ1) is 13.1. The SMILES string of the molecule is CC(C)c1c(-c2cn[nH]c2N)cc(Cl)c2c1OCCO2. The Hall–Kier alpha value is -1.88. The third-order valence-corrected chi connectivity index (χ3v) is 3.62. The van der Waals surface area contributed by atoms with Gasteiger partial charge in [-0.2, -0.15) is 5.10 Å². The van der Waals surface area contributed by atoms with E-state index in [4.69, 9.17) is 26.8 Å². The molecule has 2 aromatic rings. The summed E-state index contributed by atoms with van der Waals surface area (Å²) in [5, 5.41) is 7.25. The summed E-state index contributed by atoms with van der Waals surface area (Å²) in [4.78, 5) is 0. The van der Waals surface area contributed by atoms with Gasteiger partial charge in [-0.05, 0) is 17.5 Å². The predicted octanol–water partition coefficient (Wildman–Crippen LogP) is 3.21. The van der Waals surface area contributed by atoms with Crippen molar-refractivity contribution in [3.05, 3.63) is 22.8 Å². The minimum atomic E-state index is 0.243. The van der Waals surface area contributed by atoms with Crippen LogP contribution in [0.3, 0.4) is 0 Å². The molecule has 1 aliphatic heterocycles. The summed E-state index contributed by atoms with van der Waals surface area (Å²) in [5.41, 5.74) is 8.73. The third kappa shape index (κ3) is 1.98. The molecule has 3 N–H and O–H groups in total. The number of aromatic nitrogens is 2. The van der Waals surface area contributed by atoms with Gasteiger partial charge >= 0.3 is 0 Å². The molecule has 106 valence electrons. The molecule has 0 fully saturated rings. The Morgan fingerprint density at radius 2 is 1.95 bits per heavy atom. The number of H-pyrrole nitrogens is 1. The fourth-order valence-electron chi connectivity index (χ4n) is 2.50. The molecular formula is C14H16ClN3O2. The van der Waals surface area contributed by atoms with Crippen LogP contribution in [0.25, 0.3) is 11.1 Å². The number of nitrogens with two attached hydrogens (primary N) is 1. The van der Waals surface area contributed by atoms with E-state index in [1.807, 2.05) is 6.07 Å². The monoisotopic (exact) mass is 293 g/mol. The summed E-state index contributed by atoms with van der Waals surface area (Å²) in [6.45, 7) is 5.23. The largest absolute Gasteiger partial charge is 0.486 e. The van der Waals surface area contributed by atoms with Crippen LogP contribution in [0.2, 0.25) is 5.02 Å². The second-order valence-electron chi connectivity index (χ2n) is 5.03. The van der Waals surface area contributed by atoms with Crippen molar-refractivity contribution in [2.45, 2.75) is 19.8 Å². The van der Waals surface area contributed by atoms with Gasteiger partial charge in [-0.25, -0.2) is 0 Å². The van der Waals surface area contributed by atoms with Gasteiger partial charge in [0.15, 0.2) is 11.5 Å². The molecule has 0 saturated heterocycles. The van der Waals surface area contributed by atoms with Gasteiger partial charge < -0.3 is 15.2 Å². The highest BCUT2D eigenvalue weighted by Gasteiger charge is 2.26. The highest BCUT2D eigenvalue weighted by Crippen LogP contribution is 2.48. The van der Waals surface area contributed by atoms with Crippen LogP contribution >= 0.6 is 11.6 Å². The molecule has 5 nitrogen and oxygen atoms in total. The average molecular weight is 294 g/mol. The molecule has 0 amide bonds. The van der Waals surface area contributed by atoms with Gasteiger partial charge in [0.1, 0.15) is 19.0 Å². The Kier molecular flexibility index (Phi) is 3.22. The normalized spacial score (nSPS) is 13.8. The molecule has 0 radical (unpaired) electrons. The van der Waals surface area contributed by atoms with E-state index in [2.05, 4.69) is 24.0 Å². The molecule has 6 heteroatoms. The van der Waals surface area contributed by atoms with Crippen LogP contribution in [0.15, 0.2) is 12.3 Å². The molecule has 0 atom stereocenters. The molecule has 0 spiro atoms. The van der Waals surface area contributed by atoms with E-state index in [1.165, 1.54) is 0 Å². The number of nitrogen functional groups attached to an aromatic ring is 1. The third-order valence-electron chi connectivity index (χ3n) is 3.34. The topological polar surface area (TPSA) is 73.2 Å². The molecule has 0 bridgehead atoms. The first-order valence-electron chi connectivity index (χ1n) is 6.50. The molecule has 1 aromatic heterocycles. The van der Waals surface area contributed by atoms with E-state index in [9.17, 15) is 0 Å². The molecule has 2 heterocycles. The number of benzene rings is 1. The highest BCUT2D eigenvalue weighted by molar-refractivity contribution is 6.32. The Morgan fingerprint density at radius 3 is 2.55 bits per heavy atom. The van der Waals surface area contributed by atoms with Crippen LogP contribution in [0.1, 0.15) is 25.3 Å². The van der Waals surface area contributed by atoms with Gasteiger partial charge in [-0.3, -0.25) is 5.10 Å². The summed E-state index contributed by atoms with van der Waals surface area (Å²) in [7, 11) is 0. The van der Waals surface area contributed by atoms with Gasteiger partial charge in [0, 0.05) is 11.1 Å². The Balaban J connectivity index is 2.29. The smallest absolute Gasteiger partial charge is 0.180 e. The van der Waals surface area contributed by atoms with Crippen molar-refractivity contribution < 1.29 is 9.47 Å². The lowest BCUT2D eigenvalue weighted by Gasteiger charge is -2.25. The molecule has 1 aliphatic rings. The summed E-state index contributed by atoms with van der Waals surface area (Å²) in [5.74, 6) is 2.09. The minimum absolute atomic E-state index is 0.243. The maximum Gasteiger partial charge on any atom is 0.180 e. The molecule has 1 aromatic carbocycles. The lowest BCUT2D eigenvalue weighted by atomic mass is 9.92. The van der Waals surface area contributed by atoms with E-state index < -0.39 is 0 Å². The summed E-state index contributed by atoms with van der Waals surface area (Å²) in [6, 6.07) is 1.87. The maximum absolute atomic E-state index is 6.32. The minimum Gasteiger partial charge on any atom is -0.486 e. The van der Waals surface area contributed by atoms with Crippen LogP contribution in [0, 0.1) is 0 Å². The van der Waals surface area contributed by atoms with Crippen LogP contribution < -0.4 is 15.2 Å². The van der Waals surface area contributed by atoms with Crippen molar-refractivity contribution in [1.82, 2.24) is 10.2 Å². The van der Waals surface area contributed by atoms with E-state index in [-0.39, 0.29) is 5.92 Å². The summed E-state index contributed by atoms with van der Waals surface area (Å²) in [6.07, 6.45) is 1.70. The number of aromatic amines is 1. The fourth-order valence-corrected chi connectivity index (χ4v) is 2.74. The number of halogens is 1. The van der Waals surface area contributed by atoms with Crippen molar-refractivity contribution >= 4 is 17.4 Å². The quantitative estimate of drug-likeness (QED) is 0.892. The summed E-state index contributed by atoms with van der Waals surface area (Å²) >= 11 is 6.32. The number of ether oxygens (including phenoxy) is 2. The van der Waals surface area contributed by atoms with Gasteiger partial charge in [0.25, 0.3) is 0 Å². The standard InChI is InChI=1S/C14H16ClN3O2/c1-7(2)11-8(9-6-17-18-14(9)16)5-10(15)12-13(11)20-4-3-19-12/h5-7H,3-4H2,1-2H3,(H3,16,17,18). The molecule has 0 saturated carbocycles. The second-order valence-corrected chi connectivity index (χ2v) is 5.43. The number of anilines is 1. The molecule has 3 rings (SSSR count). The number of hydrogen-bond acceptors (Lipinski definition) is 4. The first-order valence-corrected chi connectivity index (χ1v) is 6.88. The zero-order valence-corrected chi connectivity index (χ0v) is 12.1. The van der Waals surface area contributed by atoms with Crippen molar-refractivity contribution in [3.63, 3.8) is 0 Å². The summed E-state index contributed by atoms with van der Waals surface area (Å²) < 4.78 is 11.4. The van der Waals surface area contributed by atoms with Crippen LogP contribution in [0.4, 0.5) is 5.82 Å². The first-order chi connectivity index (χ1) is 9.59. The van der Waals surface area contributed by atoms with E-state index >= 15 is 0 Å². The van der Waals surface area contributed by atoms with Crippen molar-refractivity contribution in [2.24, 2.45) is 0 Å². The van der Waals surface area contributed by atoms with Crippen LogP contribution in [-0.2, 0) is 0 Å². The maximum atomic E-state index is 6.32. The zero-order valence-electron chi connectivity index (χ0n) is 11.4. The van der Waals surface area contributed by atoms with Crippen molar-refractivity contribution in [3.8, 4) is 22.6 Å². The van der Waals surface area contributed by atoms with Gasteiger partial charge in [0.05, 0.1) is 11.2 Å². The van der Waals surface area contributed by atoms with E-state index in [0.717, 1.165) is 16.7 Å². The Labute approximate surface area is 122 Å². The molecule has 0 aliphatic carbocycles. The van der Waals surface area contributed by atoms with Crippen molar-refractivity contribution in [1.29, 1.82) is 0 Å². The van der Waals surface area contributed by atoms with E-state index in [0.29, 0.717) is 35.6 Å². The van der Waals surface area contributed by atoms with Crippen LogP contribution in [-0.4, -0.2) is 23.4 Å². The number of fused-ring (bicyclic) bond motifs is 1. The van der Waals surface area contributed by atoms with Crippen LogP contribution in [0.5, 0.6) is 11.5 Å². The number of nitrogens with one attached hydrogen (secondary N) is 1. The van der Waals surface area contributed by atoms with Gasteiger partial charge in [-0.15, -0.1) is 0 Å². The Bertz CT molecular complexity index is 652. The van der Waals surface area contributed by atoms with Gasteiger partial charge in [0.2, 0.25) is 0 Å². The fraction of sp³-hybridized carbons (Fsp3) is 0.357. The lowest BCUT2D eigenvalue weighted by Crippen LogP contribution is -2.17. The Morgan fingerprint density at radius 1 is 1.25 bits per heavy atom. The predicted molar refractivity (Wildman–Crippen MR) is 78.5 cm³/mol. The van der Waals surface area contributed by atoms with E-state index in [1.54, 1.807) is 6.20 Å². The number of rotatable bonds is 2. The molecular weight excluding hydrogens is 278 g/mol. The second kappa shape index (κ2) is 4.90.